The predicted molar refractivity (Wildman–Crippen MR) is 70.7 cm³/mol. The van der Waals surface area contributed by atoms with Crippen LogP contribution >= 0.6 is 0 Å². The summed E-state index contributed by atoms with van der Waals surface area (Å²) >= 11 is 0. The first-order valence-corrected chi connectivity index (χ1v) is 5.73. The van der Waals surface area contributed by atoms with E-state index in [1.54, 1.807) is 18.6 Å². The second-order valence-corrected chi connectivity index (χ2v) is 3.83. The van der Waals surface area contributed by atoms with Gasteiger partial charge in [-0.2, -0.15) is 0 Å². The van der Waals surface area contributed by atoms with Crippen LogP contribution in [0.3, 0.4) is 0 Å². The Kier molecular flexibility index (Phi) is 5.04. The summed E-state index contributed by atoms with van der Waals surface area (Å²) < 4.78 is 0. The van der Waals surface area contributed by atoms with E-state index in [1.807, 2.05) is 48.5 Å². The van der Waals surface area contributed by atoms with Crippen LogP contribution in [0, 0.1) is 38.6 Å². The minimum absolute atomic E-state index is 0. The van der Waals surface area contributed by atoms with Crippen molar-refractivity contribution in [1.29, 1.82) is 0 Å². The normalized spacial score (nSPS) is 9.68. The molecule has 0 saturated carbocycles. The minimum Gasteiger partial charge on any atom is -0.256 e. The van der Waals surface area contributed by atoms with Crippen molar-refractivity contribution < 1.29 is 38.6 Å². The van der Waals surface area contributed by atoms with Crippen molar-refractivity contribution in [3.63, 3.8) is 0 Å². The third-order valence-electron chi connectivity index (χ3n) is 2.66. The fourth-order valence-corrected chi connectivity index (χ4v) is 1.84. The van der Waals surface area contributed by atoms with Crippen molar-refractivity contribution in [3.8, 4) is 22.6 Å². The number of rotatable bonds is 2. The van der Waals surface area contributed by atoms with Crippen molar-refractivity contribution >= 4 is 0 Å². The van der Waals surface area contributed by atoms with Crippen molar-refractivity contribution in [2.75, 3.05) is 0 Å². The van der Waals surface area contributed by atoms with Gasteiger partial charge in [-0.1, -0.05) is 12.1 Å². The van der Waals surface area contributed by atoms with E-state index in [0.29, 0.717) is 0 Å². The summed E-state index contributed by atoms with van der Waals surface area (Å²) in [6, 6.07) is 15.6. The van der Waals surface area contributed by atoms with E-state index in [4.69, 9.17) is 0 Å². The maximum atomic E-state index is 4.42. The first kappa shape index (κ1) is 14.2. The summed E-state index contributed by atoms with van der Waals surface area (Å²) in [6.07, 6.45) is 5.33. The molecule has 0 fully saturated rings. The zero-order valence-corrected chi connectivity index (χ0v) is 12.2. The fraction of sp³-hybridized carbons (Fsp3) is 0. The minimum atomic E-state index is 0. The standard InChI is InChI=1S/C15H11N3.Tb/c1-3-9-16-13(7-1)12-6-5-11-18-15(12)14-8-2-4-10-17-14;/h1-11H;. The van der Waals surface area contributed by atoms with Crippen LogP contribution < -0.4 is 0 Å². The molecular formula is C15H11N3Tb. The van der Waals surface area contributed by atoms with Crippen LogP contribution in [0.2, 0.25) is 0 Å². The monoisotopic (exact) mass is 392 g/mol. The number of pyridine rings is 3. The Hall–Kier alpha value is -1.26. The van der Waals surface area contributed by atoms with Gasteiger partial charge in [0.1, 0.15) is 0 Å². The van der Waals surface area contributed by atoms with Crippen LogP contribution in [-0.2, 0) is 0 Å². The molecule has 19 heavy (non-hydrogen) atoms. The molecule has 3 aromatic heterocycles. The van der Waals surface area contributed by atoms with Gasteiger partial charge in [-0.15, -0.1) is 0 Å². The largest absolute Gasteiger partial charge is 0.256 e. The maximum absolute atomic E-state index is 4.42. The summed E-state index contributed by atoms with van der Waals surface area (Å²) in [5.41, 5.74) is 3.62. The Labute approximate surface area is 142 Å². The first-order valence-electron chi connectivity index (χ1n) is 5.73. The van der Waals surface area contributed by atoms with Gasteiger partial charge < -0.3 is 0 Å². The van der Waals surface area contributed by atoms with Crippen LogP contribution in [0.5, 0.6) is 0 Å². The zero-order chi connectivity index (χ0) is 12.2. The fourth-order valence-electron chi connectivity index (χ4n) is 1.84. The molecule has 0 N–H and O–H groups in total. The third kappa shape index (κ3) is 3.19. The summed E-state index contributed by atoms with van der Waals surface area (Å²) in [4.78, 5) is 13.1. The first-order chi connectivity index (χ1) is 8.95. The van der Waals surface area contributed by atoms with Gasteiger partial charge in [-0.3, -0.25) is 15.0 Å². The number of hydrogen-bond acceptors (Lipinski definition) is 3. The second kappa shape index (κ2) is 6.77. The van der Waals surface area contributed by atoms with Crippen molar-refractivity contribution in [2.24, 2.45) is 0 Å². The van der Waals surface area contributed by atoms with Gasteiger partial charge in [-0.25, -0.2) is 0 Å². The molecular weight excluding hydrogens is 381 g/mol. The summed E-state index contributed by atoms with van der Waals surface area (Å²) in [6.45, 7) is 0. The molecule has 0 amide bonds. The van der Waals surface area contributed by atoms with Crippen molar-refractivity contribution in [2.45, 2.75) is 0 Å². The number of aromatic nitrogens is 3. The Bertz CT molecular complexity index is 583. The Morgan fingerprint density at radius 1 is 0.579 bits per heavy atom. The van der Waals surface area contributed by atoms with Crippen LogP contribution in [0.1, 0.15) is 0 Å². The SMILES string of the molecule is [Tb].c1ccc(-c2cccnc2-c2ccccn2)nc1. The summed E-state index contributed by atoms with van der Waals surface area (Å²) in [5.74, 6) is 0. The average Bonchev–Trinajstić information content (AvgIpc) is 2.49. The van der Waals surface area contributed by atoms with Crippen molar-refractivity contribution in [1.82, 2.24) is 15.0 Å². The second-order valence-electron chi connectivity index (χ2n) is 3.83. The Morgan fingerprint density at radius 3 is 1.84 bits per heavy atom. The van der Waals surface area contributed by atoms with Crippen LogP contribution in [-0.4, -0.2) is 15.0 Å². The molecule has 0 atom stereocenters. The molecule has 4 heteroatoms. The Balaban J connectivity index is 0.00000133. The van der Waals surface area contributed by atoms with Crippen molar-refractivity contribution in [3.05, 3.63) is 67.1 Å². The van der Waals surface area contributed by atoms with E-state index in [9.17, 15) is 0 Å². The quantitative estimate of drug-likeness (QED) is 0.673. The van der Waals surface area contributed by atoms with E-state index in [2.05, 4.69) is 15.0 Å². The van der Waals surface area contributed by atoms with E-state index >= 15 is 0 Å². The molecule has 3 nitrogen and oxygen atoms in total. The molecule has 3 aromatic rings. The average molecular weight is 392 g/mol. The molecule has 0 bridgehead atoms. The summed E-state index contributed by atoms with van der Waals surface area (Å²) in [7, 11) is 0. The predicted octanol–water partition coefficient (Wildman–Crippen LogP) is 3.21. The Morgan fingerprint density at radius 2 is 1.21 bits per heavy atom. The molecule has 0 spiro atoms. The topological polar surface area (TPSA) is 38.7 Å². The zero-order valence-electron chi connectivity index (χ0n) is 10.0. The smallest absolute Gasteiger partial charge is 0.0980 e. The summed E-state index contributed by atoms with van der Waals surface area (Å²) in [5, 5.41) is 0. The molecule has 0 aliphatic carbocycles. The number of nitrogens with zero attached hydrogens (tertiary/aromatic N) is 3. The molecule has 0 aromatic carbocycles. The molecule has 1 radical (unpaired) electrons. The van der Waals surface area contributed by atoms with Gasteiger partial charge in [0.2, 0.25) is 0 Å². The van der Waals surface area contributed by atoms with Gasteiger partial charge in [0.15, 0.2) is 0 Å². The van der Waals surface area contributed by atoms with Gasteiger partial charge in [-0.05, 0) is 36.4 Å². The van der Waals surface area contributed by atoms with E-state index in [-0.39, 0.29) is 38.6 Å². The van der Waals surface area contributed by atoms with Crippen LogP contribution in [0.25, 0.3) is 22.6 Å². The van der Waals surface area contributed by atoms with E-state index in [0.717, 1.165) is 22.6 Å². The molecule has 95 valence electrons. The van der Waals surface area contributed by atoms with Crippen LogP contribution in [0.15, 0.2) is 67.1 Å². The molecule has 0 aliphatic rings. The molecule has 0 unspecified atom stereocenters. The molecule has 3 rings (SSSR count). The molecule has 0 saturated heterocycles. The van der Waals surface area contributed by atoms with Gasteiger partial charge in [0.05, 0.1) is 17.1 Å². The van der Waals surface area contributed by atoms with E-state index < -0.39 is 0 Å². The molecule has 0 aliphatic heterocycles. The van der Waals surface area contributed by atoms with Gasteiger partial charge in [0.25, 0.3) is 0 Å². The van der Waals surface area contributed by atoms with Gasteiger partial charge in [0, 0.05) is 62.8 Å². The van der Waals surface area contributed by atoms with Crippen LogP contribution in [0.4, 0.5) is 0 Å². The van der Waals surface area contributed by atoms with E-state index in [1.165, 1.54) is 0 Å². The maximum Gasteiger partial charge on any atom is 0.0980 e. The molecule has 3 heterocycles. The number of hydrogen-bond donors (Lipinski definition) is 0. The van der Waals surface area contributed by atoms with Gasteiger partial charge >= 0.3 is 0 Å². The third-order valence-corrected chi connectivity index (χ3v) is 2.66.